The predicted molar refractivity (Wildman–Crippen MR) is 118 cm³/mol. The number of methoxy groups -OCH3 is 2. The highest BCUT2D eigenvalue weighted by molar-refractivity contribution is 7.22. The third kappa shape index (κ3) is 3.69. The van der Waals surface area contributed by atoms with Gasteiger partial charge in [-0.15, -0.1) is 11.3 Å². The number of rotatable bonds is 6. The Labute approximate surface area is 173 Å². The average Bonchev–Trinajstić information content (AvgIpc) is 3.14. The zero-order valence-electron chi connectivity index (χ0n) is 16.6. The number of amides is 1. The third-order valence-electron chi connectivity index (χ3n) is 4.86. The van der Waals surface area contributed by atoms with Crippen LogP contribution < -0.4 is 10.1 Å². The van der Waals surface area contributed by atoms with Crippen LogP contribution in [0.4, 0.5) is 0 Å². The van der Waals surface area contributed by atoms with Crippen molar-refractivity contribution in [3.8, 4) is 16.9 Å². The van der Waals surface area contributed by atoms with Crippen molar-refractivity contribution in [1.29, 1.82) is 0 Å². The second-order valence-electron chi connectivity index (χ2n) is 6.80. The van der Waals surface area contributed by atoms with E-state index in [1.807, 2.05) is 24.4 Å². The molecule has 4 aromatic rings. The van der Waals surface area contributed by atoms with Gasteiger partial charge < -0.3 is 14.8 Å². The van der Waals surface area contributed by atoms with Crippen LogP contribution in [0.3, 0.4) is 0 Å². The Balaban J connectivity index is 1.95. The van der Waals surface area contributed by atoms with Crippen LogP contribution in [0, 0.1) is 6.92 Å². The van der Waals surface area contributed by atoms with E-state index < -0.39 is 0 Å². The summed E-state index contributed by atoms with van der Waals surface area (Å²) in [7, 11) is 3.27. The van der Waals surface area contributed by atoms with Crippen molar-refractivity contribution < 1.29 is 14.3 Å². The van der Waals surface area contributed by atoms with Crippen LogP contribution in [0.2, 0.25) is 0 Å². The first kappa shape index (κ1) is 19.4. The van der Waals surface area contributed by atoms with Crippen LogP contribution in [-0.4, -0.2) is 38.3 Å². The summed E-state index contributed by atoms with van der Waals surface area (Å²) in [6.07, 6.45) is 1.86. The van der Waals surface area contributed by atoms with E-state index in [4.69, 9.17) is 9.47 Å². The summed E-state index contributed by atoms with van der Waals surface area (Å²) in [6, 6.07) is 14.0. The van der Waals surface area contributed by atoms with Gasteiger partial charge in [-0.1, -0.05) is 29.8 Å². The lowest BCUT2D eigenvalue weighted by atomic mass is 10.0. The minimum atomic E-state index is -0.102. The molecule has 6 heteroatoms. The number of nitrogens with zero attached hydrogens (tertiary/aromatic N) is 1. The second-order valence-corrected chi connectivity index (χ2v) is 7.83. The maximum absolute atomic E-state index is 13.0. The molecular formula is C23H22N2O3S. The van der Waals surface area contributed by atoms with Crippen molar-refractivity contribution in [2.45, 2.75) is 6.92 Å². The molecule has 4 rings (SSSR count). The number of nitrogens with one attached hydrogen (secondary N) is 1. The number of hydrogen-bond acceptors (Lipinski definition) is 5. The number of hydrogen-bond donors (Lipinski definition) is 1. The van der Waals surface area contributed by atoms with E-state index in [0.29, 0.717) is 18.0 Å². The van der Waals surface area contributed by atoms with Crippen molar-refractivity contribution >= 4 is 38.2 Å². The summed E-state index contributed by atoms with van der Waals surface area (Å²) in [5, 5.41) is 4.91. The van der Waals surface area contributed by atoms with Crippen molar-refractivity contribution in [2.24, 2.45) is 0 Å². The SMILES string of the molecule is COCCNC(=O)c1sc2c(cnc3ccc(OC)cc32)c1-c1ccc(C)cc1. The van der Waals surface area contributed by atoms with Gasteiger partial charge in [0.25, 0.3) is 5.91 Å². The van der Waals surface area contributed by atoms with Crippen LogP contribution >= 0.6 is 11.3 Å². The van der Waals surface area contributed by atoms with Gasteiger partial charge in [0.15, 0.2) is 0 Å². The Kier molecular flexibility index (Phi) is 5.47. The Hall–Kier alpha value is -2.96. The fourth-order valence-electron chi connectivity index (χ4n) is 3.35. The van der Waals surface area contributed by atoms with E-state index >= 15 is 0 Å². The van der Waals surface area contributed by atoms with Crippen LogP contribution in [0.25, 0.3) is 32.1 Å². The van der Waals surface area contributed by atoms with E-state index in [1.165, 1.54) is 16.9 Å². The fraction of sp³-hybridized carbons (Fsp3) is 0.217. The number of ether oxygens (including phenoxy) is 2. The number of carbonyl (C=O) groups excluding carboxylic acids is 1. The first-order valence-corrected chi connectivity index (χ1v) is 10.2. The molecular weight excluding hydrogens is 384 g/mol. The summed E-state index contributed by atoms with van der Waals surface area (Å²) in [5.41, 5.74) is 3.97. The van der Waals surface area contributed by atoms with Gasteiger partial charge in [-0.2, -0.15) is 0 Å². The highest BCUT2D eigenvalue weighted by Gasteiger charge is 2.21. The Morgan fingerprint density at radius 1 is 1.10 bits per heavy atom. The molecule has 1 amide bonds. The average molecular weight is 407 g/mol. The number of aromatic nitrogens is 1. The maximum Gasteiger partial charge on any atom is 0.262 e. The lowest BCUT2D eigenvalue weighted by molar-refractivity contribution is 0.0942. The third-order valence-corrected chi connectivity index (χ3v) is 6.10. The molecule has 0 saturated heterocycles. The summed E-state index contributed by atoms with van der Waals surface area (Å²) in [5.74, 6) is 0.665. The van der Waals surface area contributed by atoms with Crippen molar-refractivity contribution in [3.63, 3.8) is 0 Å². The predicted octanol–water partition coefficient (Wildman–Crippen LogP) is 4.81. The molecule has 2 heterocycles. The zero-order chi connectivity index (χ0) is 20.4. The highest BCUT2D eigenvalue weighted by Crippen LogP contribution is 2.42. The van der Waals surface area contributed by atoms with Crippen LogP contribution in [0.1, 0.15) is 15.2 Å². The van der Waals surface area contributed by atoms with E-state index in [-0.39, 0.29) is 5.91 Å². The molecule has 0 unspecified atom stereocenters. The summed E-state index contributed by atoms with van der Waals surface area (Å²) in [6.45, 7) is 2.98. The number of thiophene rings is 1. The molecule has 0 aliphatic heterocycles. The van der Waals surface area contributed by atoms with Gasteiger partial charge in [0.05, 0.1) is 19.2 Å². The highest BCUT2D eigenvalue weighted by atomic mass is 32.1. The number of pyridine rings is 1. The van der Waals surface area contributed by atoms with E-state index in [1.54, 1.807) is 14.2 Å². The first-order chi connectivity index (χ1) is 14.1. The monoisotopic (exact) mass is 406 g/mol. The molecule has 2 aromatic carbocycles. The van der Waals surface area contributed by atoms with Crippen molar-refractivity contribution in [1.82, 2.24) is 10.3 Å². The molecule has 148 valence electrons. The van der Waals surface area contributed by atoms with Gasteiger partial charge >= 0.3 is 0 Å². The van der Waals surface area contributed by atoms with Crippen LogP contribution in [0.5, 0.6) is 5.75 Å². The van der Waals surface area contributed by atoms with Crippen molar-refractivity contribution in [2.75, 3.05) is 27.4 Å². The van der Waals surface area contributed by atoms with E-state index in [9.17, 15) is 4.79 Å². The molecule has 0 radical (unpaired) electrons. The topological polar surface area (TPSA) is 60.5 Å². The van der Waals surface area contributed by atoms with E-state index in [0.717, 1.165) is 37.9 Å². The molecule has 0 aliphatic rings. The lowest BCUT2D eigenvalue weighted by Gasteiger charge is -2.07. The minimum Gasteiger partial charge on any atom is -0.497 e. The van der Waals surface area contributed by atoms with E-state index in [2.05, 4.69) is 41.5 Å². The fourth-order valence-corrected chi connectivity index (χ4v) is 4.59. The molecule has 5 nitrogen and oxygen atoms in total. The first-order valence-electron chi connectivity index (χ1n) is 9.36. The Morgan fingerprint density at radius 3 is 2.62 bits per heavy atom. The molecule has 1 N–H and O–H groups in total. The smallest absolute Gasteiger partial charge is 0.262 e. The number of fused-ring (bicyclic) bond motifs is 3. The lowest BCUT2D eigenvalue weighted by Crippen LogP contribution is -2.26. The summed E-state index contributed by atoms with van der Waals surface area (Å²) >= 11 is 1.49. The molecule has 0 atom stereocenters. The summed E-state index contributed by atoms with van der Waals surface area (Å²) < 4.78 is 11.5. The minimum absolute atomic E-state index is 0.102. The quantitative estimate of drug-likeness (QED) is 0.467. The number of carbonyl (C=O) groups is 1. The summed E-state index contributed by atoms with van der Waals surface area (Å²) in [4.78, 5) is 18.3. The Morgan fingerprint density at radius 2 is 1.90 bits per heavy atom. The maximum atomic E-state index is 13.0. The second kappa shape index (κ2) is 8.19. The molecule has 0 spiro atoms. The van der Waals surface area contributed by atoms with Gasteiger partial charge in [-0.3, -0.25) is 9.78 Å². The van der Waals surface area contributed by atoms with Crippen molar-refractivity contribution in [3.05, 3.63) is 59.1 Å². The van der Waals surface area contributed by atoms with Gasteiger partial charge in [-0.05, 0) is 30.7 Å². The van der Waals surface area contributed by atoms with Gasteiger partial charge in [0.1, 0.15) is 10.6 Å². The number of benzene rings is 2. The standard InChI is InChI=1S/C23H22N2O3S/c1-14-4-6-15(7-5-14)20-18-13-25-19-9-8-16(28-3)12-17(19)21(18)29-22(20)23(26)24-10-11-27-2/h4-9,12-13H,10-11H2,1-3H3,(H,24,26). The molecule has 0 fully saturated rings. The molecule has 0 saturated carbocycles. The number of aryl methyl sites for hydroxylation is 1. The molecule has 29 heavy (non-hydrogen) atoms. The van der Waals surface area contributed by atoms with Crippen LogP contribution in [0.15, 0.2) is 48.7 Å². The zero-order valence-corrected chi connectivity index (χ0v) is 17.4. The molecule has 0 aliphatic carbocycles. The van der Waals surface area contributed by atoms with Gasteiger partial charge in [0.2, 0.25) is 0 Å². The Bertz CT molecular complexity index is 1180. The van der Waals surface area contributed by atoms with Gasteiger partial charge in [-0.25, -0.2) is 0 Å². The largest absolute Gasteiger partial charge is 0.497 e. The molecule has 2 aromatic heterocycles. The van der Waals surface area contributed by atoms with Gasteiger partial charge in [0, 0.05) is 40.9 Å². The normalized spacial score (nSPS) is 11.1. The van der Waals surface area contributed by atoms with Crippen LogP contribution in [-0.2, 0) is 4.74 Å². The molecule has 0 bridgehead atoms.